The van der Waals surface area contributed by atoms with E-state index in [9.17, 15) is 4.39 Å². The summed E-state index contributed by atoms with van der Waals surface area (Å²) in [5.41, 5.74) is 9.54. The molecular formula is C16H17FN2. The number of benzene rings is 2. The first-order valence-corrected chi connectivity index (χ1v) is 6.61. The lowest BCUT2D eigenvalue weighted by Gasteiger charge is -2.31. The van der Waals surface area contributed by atoms with Crippen molar-refractivity contribution in [3.63, 3.8) is 0 Å². The number of aryl methyl sites for hydroxylation is 1. The lowest BCUT2D eigenvalue weighted by molar-refractivity contribution is 0.595. The van der Waals surface area contributed by atoms with Crippen molar-refractivity contribution in [2.75, 3.05) is 17.2 Å². The van der Waals surface area contributed by atoms with Crippen molar-refractivity contribution in [2.24, 2.45) is 0 Å². The van der Waals surface area contributed by atoms with E-state index in [0.717, 1.165) is 41.9 Å². The number of fused-ring (bicyclic) bond motifs is 1. The fourth-order valence-corrected chi connectivity index (χ4v) is 2.76. The Morgan fingerprint density at radius 1 is 1.16 bits per heavy atom. The van der Waals surface area contributed by atoms with Crippen LogP contribution in [0.25, 0.3) is 0 Å². The fourth-order valence-electron chi connectivity index (χ4n) is 2.76. The summed E-state index contributed by atoms with van der Waals surface area (Å²) in [4.78, 5) is 2.11. The van der Waals surface area contributed by atoms with E-state index in [1.165, 1.54) is 6.07 Å². The summed E-state index contributed by atoms with van der Waals surface area (Å²) in [6, 6.07) is 13.1. The van der Waals surface area contributed by atoms with Gasteiger partial charge in [0.2, 0.25) is 0 Å². The topological polar surface area (TPSA) is 29.3 Å². The number of nitrogens with zero attached hydrogens (tertiary/aromatic N) is 1. The Morgan fingerprint density at radius 2 is 2.00 bits per heavy atom. The Bertz CT molecular complexity index is 595. The molecule has 0 unspecified atom stereocenters. The third kappa shape index (κ3) is 2.41. The lowest BCUT2D eigenvalue weighted by atomic mass is 10.0. The highest BCUT2D eigenvalue weighted by Gasteiger charge is 2.20. The van der Waals surface area contributed by atoms with Gasteiger partial charge >= 0.3 is 0 Å². The Kier molecular flexibility index (Phi) is 3.11. The summed E-state index contributed by atoms with van der Waals surface area (Å²) in [7, 11) is 0. The average Bonchev–Trinajstić information content (AvgIpc) is 2.39. The second-order valence-corrected chi connectivity index (χ2v) is 5.02. The zero-order chi connectivity index (χ0) is 13.2. The maximum atomic E-state index is 14.0. The highest BCUT2D eigenvalue weighted by molar-refractivity contribution is 5.57. The summed E-state index contributed by atoms with van der Waals surface area (Å²) in [5.74, 6) is -0.124. The van der Waals surface area contributed by atoms with Crippen molar-refractivity contribution in [3.05, 3.63) is 59.4 Å². The van der Waals surface area contributed by atoms with Crippen LogP contribution in [0.3, 0.4) is 0 Å². The summed E-state index contributed by atoms with van der Waals surface area (Å²) >= 11 is 0. The zero-order valence-corrected chi connectivity index (χ0v) is 10.8. The molecule has 3 rings (SSSR count). The van der Waals surface area contributed by atoms with Gasteiger partial charge in [-0.25, -0.2) is 4.39 Å². The minimum atomic E-state index is -0.124. The quantitative estimate of drug-likeness (QED) is 0.835. The van der Waals surface area contributed by atoms with Gasteiger partial charge in [0.25, 0.3) is 0 Å². The van der Waals surface area contributed by atoms with Gasteiger partial charge < -0.3 is 10.6 Å². The van der Waals surface area contributed by atoms with Crippen LogP contribution in [-0.4, -0.2) is 6.54 Å². The molecule has 0 aliphatic carbocycles. The number of hydrogen-bond acceptors (Lipinski definition) is 2. The molecule has 0 atom stereocenters. The number of hydrogen-bond donors (Lipinski definition) is 1. The van der Waals surface area contributed by atoms with E-state index in [0.29, 0.717) is 6.54 Å². The van der Waals surface area contributed by atoms with E-state index in [2.05, 4.69) is 4.90 Å². The van der Waals surface area contributed by atoms with Gasteiger partial charge in [0.15, 0.2) is 0 Å². The van der Waals surface area contributed by atoms with Gasteiger partial charge in [0.1, 0.15) is 5.82 Å². The maximum absolute atomic E-state index is 14.0. The maximum Gasteiger partial charge on any atom is 0.146 e. The summed E-state index contributed by atoms with van der Waals surface area (Å²) in [6.07, 6.45) is 2.03. The van der Waals surface area contributed by atoms with Gasteiger partial charge in [0.05, 0.1) is 5.69 Å². The molecule has 0 saturated heterocycles. The first-order valence-electron chi connectivity index (χ1n) is 6.61. The number of halogens is 1. The van der Waals surface area contributed by atoms with Crippen LogP contribution < -0.4 is 10.6 Å². The van der Waals surface area contributed by atoms with Crippen LogP contribution in [0.5, 0.6) is 0 Å². The predicted octanol–water partition coefficient (Wildman–Crippen LogP) is 3.36. The third-order valence-corrected chi connectivity index (χ3v) is 3.59. The first kappa shape index (κ1) is 12.0. The molecule has 0 fully saturated rings. The molecule has 1 heterocycles. The molecular weight excluding hydrogens is 239 g/mol. The molecule has 2 N–H and O–H groups in total. The van der Waals surface area contributed by atoms with Gasteiger partial charge in [-0.2, -0.15) is 0 Å². The molecule has 1 aliphatic rings. The third-order valence-electron chi connectivity index (χ3n) is 3.59. The highest BCUT2D eigenvalue weighted by atomic mass is 19.1. The molecule has 0 radical (unpaired) electrons. The van der Waals surface area contributed by atoms with Crippen molar-refractivity contribution in [1.29, 1.82) is 0 Å². The van der Waals surface area contributed by atoms with Crippen molar-refractivity contribution in [1.82, 2.24) is 0 Å². The molecule has 1 aliphatic heterocycles. The largest absolute Gasteiger partial charge is 0.399 e. The van der Waals surface area contributed by atoms with Crippen LogP contribution in [0.2, 0.25) is 0 Å². The predicted molar refractivity (Wildman–Crippen MR) is 76.6 cm³/mol. The summed E-state index contributed by atoms with van der Waals surface area (Å²) in [5, 5.41) is 0. The van der Waals surface area contributed by atoms with Crippen LogP contribution in [0.15, 0.2) is 42.5 Å². The molecule has 19 heavy (non-hydrogen) atoms. The van der Waals surface area contributed by atoms with Gasteiger partial charge in [-0.05, 0) is 42.2 Å². The number of para-hydroxylation sites is 1. The van der Waals surface area contributed by atoms with Crippen LogP contribution >= 0.6 is 0 Å². The van der Waals surface area contributed by atoms with Gasteiger partial charge in [0, 0.05) is 18.8 Å². The lowest BCUT2D eigenvalue weighted by Crippen LogP contribution is -2.29. The SMILES string of the molecule is Nc1cccc(CN2CCCc3cccc(F)c32)c1. The molecule has 3 heteroatoms. The van der Waals surface area contributed by atoms with Crippen LogP contribution in [-0.2, 0) is 13.0 Å². The second kappa shape index (κ2) is 4.92. The molecule has 0 spiro atoms. The Balaban J connectivity index is 1.92. The Morgan fingerprint density at radius 3 is 2.84 bits per heavy atom. The van der Waals surface area contributed by atoms with E-state index in [1.807, 2.05) is 30.3 Å². The smallest absolute Gasteiger partial charge is 0.146 e. The number of nitrogens with two attached hydrogens (primary N) is 1. The molecule has 2 nitrogen and oxygen atoms in total. The molecule has 0 amide bonds. The minimum Gasteiger partial charge on any atom is -0.399 e. The fraction of sp³-hybridized carbons (Fsp3) is 0.250. The Labute approximate surface area is 112 Å². The average molecular weight is 256 g/mol. The molecule has 0 bridgehead atoms. The van der Waals surface area contributed by atoms with Crippen molar-refractivity contribution >= 4 is 11.4 Å². The summed E-state index contributed by atoms with van der Waals surface area (Å²) in [6.45, 7) is 1.60. The van der Waals surface area contributed by atoms with Crippen LogP contribution in [0, 0.1) is 5.82 Å². The summed E-state index contributed by atoms with van der Waals surface area (Å²) < 4.78 is 14.0. The van der Waals surface area contributed by atoms with E-state index in [-0.39, 0.29) is 5.82 Å². The second-order valence-electron chi connectivity index (χ2n) is 5.02. The standard InChI is InChI=1S/C16H17FN2/c17-15-8-2-5-13-6-3-9-19(16(13)15)11-12-4-1-7-14(18)10-12/h1-2,4-5,7-8,10H,3,6,9,11,18H2. The van der Waals surface area contributed by atoms with E-state index in [1.54, 1.807) is 6.07 Å². The van der Waals surface area contributed by atoms with E-state index >= 15 is 0 Å². The Hall–Kier alpha value is -2.03. The molecule has 0 aromatic heterocycles. The van der Waals surface area contributed by atoms with Gasteiger partial charge in [-0.3, -0.25) is 0 Å². The van der Waals surface area contributed by atoms with Crippen LogP contribution in [0.1, 0.15) is 17.5 Å². The highest BCUT2D eigenvalue weighted by Crippen LogP contribution is 2.31. The van der Waals surface area contributed by atoms with Crippen molar-refractivity contribution < 1.29 is 4.39 Å². The monoisotopic (exact) mass is 256 g/mol. The van der Waals surface area contributed by atoms with Crippen molar-refractivity contribution in [3.8, 4) is 0 Å². The van der Waals surface area contributed by atoms with Crippen molar-refractivity contribution in [2.45, 2.75) is 19.4 Å². The molecule has 2 aromatic rings. The number of nitrogen functional groups attached to an aromatic ring is 1. The number of anilines is 2. The minimum absolute atomic E-state index is 0.124. The number of rotatable bonds is 2. The van der Waals surface area contributed by atoms with Gasteiger partial charge in [-0.15, -0.1) is 0 Å². The van der Waals surface area contributed by atoms with Crippen LogP contribution in [0.4, 0.5) is 15.8 Å². The normalized spacial score (nSPS) is 14.3. The molecule has 2 aromatic carbocycles. The zero-order valence-electron chi connectivity index (χ0n) is 10.8. The van der Waals surface area contributed by atoms with E-state index < -0.39 is 0 Å². The van der Waals surface area contributed by atoms with E-state index in [4.69, 9.17) is 5.73 Å². The first-order chi connectivity index (χ1) is 9.24. The molecule has 98 valence electrons. The molecule has 0 saturated carbocycles. The van der Waals surface area contributed by atoms with Gasteiger partial charge in [-0.1, -0.05) is 24.3 Å².